The van der Waals surface area contributed by atoms with Crippen LogP contribution in [0.3, 0.4) is 0 Å². The van der Waals surface area contributed by atoms with Crippen LogP contribution in [0.1, 0.15) is 10.4 Å². The zero-order valence-electron chi connectivity index (χ0n) is 6.65. The first-order valence-electron chi connectivity index (χ1n) is 3.01. The predicted octanol–water partition coefficient (Wildman–Crippen LogP) is 0.868. The average Bonchev–Trinajstić information content (AvgIpc) is 2.03. The van der Waals surface area contributed by atoms with Gasteiger partial charge in [-0.15, -0.1) is 12.4 Å². The molecule has 0 saturated carbocycles. The quantitative estimate of drug-likeness (QED) is 0.754. The molecule has 0 aromatic carbocycles. The molecular formula is C6H7Cl2N3O2. The van der Waals surface area contributed by atoms with Gasteiger partial charge in [0.15, 0.2) is 0 Å². The van der Waals surface area contributed by atoms with Gasteiger partial charge in [0.2, 0.25) is 11.8 Å². The Labute approximate surface area is 85.7 Å². The summed E-state index contributed by atoms with van der Waals surface area (Å²) in [6.07, 6.45) is 1.22. The summed E-state index contributed by atoms with van der Waals surface area (Å²) in [4.78, 5) is 17.9. The van der Waals surface area contributed by atoms with Crippen LogP contribution in [0, 0.1) is 0 Å². The van der Waals surface area contributed by atoms with E-state index in [-0.39, 0.29) is 29.8 Å². The Morgan fingerprint density at radius 2 is 2.31 bits per heavy atom. The summed E-state index contributed by atoms with van der Waals surface area (Å²) in [5.74, 6) is 0.121. The molecule has 0 unspecified atom stereocenters. The highest BCUT2D eigenvalue weighted by molar-refractivity contribution is 6.68. The van der Waals surface area contributed by atoms with Gasteiger partial charge in [0.05, 0.1) is 7.11 Å². The van der Waals surface area contributed by atoms with Gasteiger partial charge in [-0.3, -0.25) is 4.79 Å². The molecule has 72 valence electrons. The largest absolute Gasteiger partial charge is 0.480 e. The molecule has 2 N–H and O–H groups in total. The van der Waals surface area contributed by atoms with Crippen molar-refractivity contribution in [1.29, 1.82) is 0 Å². The van der Waals surface area contributed by atoms with Crippen LogP contribution in [0.15, 0.2) is 6.20 Å². The molecule has 1 rings (SSSR count). The van der Waals surface area contributed by atoms with Crippen molar-refractivity contribution in [3.8, 4) is 5.88 Å². The molecule has 13 heavy (non-hydrogen) atoms. The van der Waals surface area contributed by atoms with Crippen LogP contribution in [0.4, 0.5) is 5.95 Å². The predicted molar refractivity (Wildman–Crippen MR) is 50.4 cm³/mol. The van der Waals surface area contributed by atoms with E-state index in [0.717, 1.165) is 0 Å². The number of nitrogens with two attached hydrogens (primary N) is 1. The molecule has 0 aliphatic carbocycles. The van der Waals surface area contributed by atoms with Gasteiger partial charge < -0.3 is 10.5 Å². The fraction of sp³-hybridized carbons (Fsp3) is 0.167. The summed E-state index contributed by atoms with van der Waals surface area (Å²) in [6, 6.07) is 0. The zero-order chi connectivity index (χ0) is 9.14. The third kappa shape index (κ3) is 2.71. The smallest absolute Gasteiger partial charge is 0.259 e. The van der Waals surface area contributed by atoms with Crippen molar-refractivity contribution in [3.05, 3.63) is 11.8 Å². The molecule has 0 aliphatic rings. The van der Waals surface area contributed by atoms with Crippen LogP contribution < -0.4 is 10.5 Å². The number of carbonyl (C=O) groups excluding carboxylic acids is 1. The van der Waals surface area contributed by atoms with E-state index < -0.39 is 5.24 Å². The molecular weight excluding hydrogens is 217 g/mol. The van der Waals surface area contributed by atoms with Crippen molar-refractivity contribution in [1.82, 2.24) is 9.97 Å². The number of hydrogen-bond acceptors (Lipinski definition) is 5. The van der Waals surface area contributed by atoms with Gasteiger partial charge in [0.1, 0.15) is 5.56 Å². The standard InChI is InChI=1S/C6H6ClN3O2.ClH/c1-12-5-3(4(7)11)2-9-6(8)10-5;/h2H,1H3,(H2,8,9,10);1H. The van der Waals surface area contributed by atoms with E-state index in [1.165, 1.54) is 13.3 Å². The molecule has 0 spiro atoms. The number of hydrogen-bond donors (Lipinski definition) is 1. The highest BCUT2D eigenvalue weighted by atomic mass is 35.5. The number of carbonyl (C=O) groups is 1. The van der Waals surface area contributed by atoms with Crippen molar-refractivity contribution in [2.75, 3.05) is 12.8 Å². The van der Waals surface area contributed by atoms with Crippen molar-refractivity contribution in [2.24, 2.45) is 0 Å². The Kier molecular flexibility index (Phi) is 4.44. The normalized spacial score (nSPS) is 8.77. The van der Waals surface area contributed by atoms with Crippen LogP contribution in [0.25, 0.3) is 0 Å². The number of nitrogens with zero attached hydrogens (tertiary/aromatic N) is 2. The van der Waals surface area contributed by atoms with Crippen molar-refractivity contribution in [2.45, 2.75) is 0 Å². The lowest BCUT2D eigenvalue weighted by atomic mass is 10.3. The number of methoxy groups -OCH3 is 1. The third-order valence-electron chi connectivity index (χ3n) is 1.18. The first-order chi connectivity index (χ1) is 5.65. The van der Waals surface area contributed by atoms with Gasteiger partial charge in [0.25, 0.3) is 5.24 Å². The van der Waals surface area contributed by atoms with E-state index in [2.05, 4.69) is 9.97 Å². The first-order valence-corrected chi connectivity index (χ1v) is 3.39. The highest BCUT2D eigenvalue weighted by Gasteiger charge is 2.11. The van der Waals surface area contributed by atoms with E-state index in [1.54, 1.807) is 0 Å². The number of anilines is 1. The molecule has 0 fully saturated rings. The summed E-state index contributed by atoms with van der Waals surface area (Å²) in [7, 11) is 1.37. The second kappa shape index (κ2) is 4.84. The molecule has 0 amide bonds. The van der Waals surface area contributed by atoms with E-state index in [9.17, 15) is 4.79 Å². The molecule has 0 atom stereocenters. The van der Waals surface area contributed by atoms with Crippen molar-refractivity contribution >= 4 is 35.2 Å². The van der Waals surface area contributed by atoms with Crippen LogP contribution in [0.5, 0.6) is 5.88 Å². The lowest BCUT2D eigenvalue weighted by molar-refractivity contribution is 0.107. The lowest BCUT2D eigenvalue weighted by Crippen LogP contribution is -2.03. The molecule has 1 aromatic rings. The molecule has 0 bridgehead atoms. The second-order valence-corrected chi connectivity index (χ2v) is 2.27. The number of halogens is 2. The van der Waals surface area contributed by atoms with Crippen LogP contribution in [-0.4, -0.2) is 22.3 Å². The first kappa shape index (κ1) is 11.9. The Balaban J connectivity index is 0.00000144. The van der Waals surface area contributed by atoms with E-state index in [1.807, 2.05) is 0 Å². The Morgan fingerprint density at radius 1 is 1.69 bits per heavy atom. The van der Waals surface area contributed by atoms with E-state index in [0.29, 0.717) is 0 Å². The zero-order valence-corrected chi connectivity index (χ0v) is 8.22. The molecule has 1 aromatic heterocycles. The fourth-order valence-corrected chi connectivity index (χ4v) is 0.799. The minimum Gasteiger partial charge on any atom is -0.480 e. The lowest BCUT2D eigenvalue weighted by Gasteiger charge is -2.02. The topological polar surface area (TPSA) is 78.1 Å². The van der Waals surface area contributed by atoms with Gasteiger partial charge in [-0.05, 0) is 11.6 Å². The molecule has 1 heterocycles. The summed E-state index contributed by atoms with van der Waals surface area (Å²) in [6.45, 7) is 0. The molecule has 0 radical (unpaired) electrons. The molecule has 0 aliphatic heterocycles. The van der Waals surface area contributed by atoms with Gasteiger partial charge in [0, 0.05) is 6.20 Å². The number of aromatic nitrogens is 2. The summed E-state index contributed by atoms with van der Waals surface area (Å²) in [5, 5.41) is -0.674. The van der Waals surface area contributed by atoms with Gasteiger partial charge >= 0.3 is 0 Å². The summed E-state index contributed by atoms with van der Waals surface area (Å²) < 4.78 is 4.75. The van der Waals surface area contributed by atoms with Crippen molar-refractivity contribution in [3.63, 3.8) is 0 Å². The Morgan fingerprint density at radius 3 is 2.77 bits per heavy atom. The number of nitrogen functional groups attached to an aromatic ring is 1. The Hall–Kier alpha value is -1.07. The SMILES string of the molecule is COc1nc(N)ncc1C(=O)Cl.Cl. The summed E-state index contributed by atoms with van der Waals surface area (Å²) >= 11 is 5.20. The van der Waals surface area contributed by atoms with Gasteiger partial charge in [-0.2, -0.15) is 4.98 Å². The molecule has 7 heteroatoms. The van der Waals surface area contributed by atoms with E-state index >= 15 is 0 Å². The maximum atomic E-state index is 10.7. The monoisotopic (exact) mass is 223 g/mol. The fourth-order valence-electron chi connectivity index (χ4n) is 0.669. The van der Waals surface area contributed by atoms with Crippen LogP contribution >= 0.6 is 24.0 Å². The van der Waals surface area contributed by atoms with Gasteiger partial charge in [-0.25, -0.2) is 4.98 Å². The van der Waals surface area contributed by atoms with E-state index in [4.69, 9.17) is 22.1 Å². The maximum Gasteiger partial charge on any atom is 0.259 e. The van der Waals surface area contributed by atoms with Crippen molar-refractivity contribution < 1.29 is 9.53 Å². The second-order valence-electron chi connectivity index (χ2n) is 1.92. The Bertz CT molecular complexity index is 319. The molecule has 0 saturated heterocycles. The average molecular weight is 224 g/mol. The summed E-state index contributed by atoms with van der Waals surface area (Å²) in [5.41, 5.74) is 5.35. The highest BCUT2D eigenvalue weighted by Crippen LogP contribution is 2.16. The minimum atomic E-state index is -0.674. The minimum absolute atomic E-state index is 0. The van der Waals surface area contributed by atoms with Gasteiger partial charge in [-0.1, -0.05) is 0 Å². The molecule has 5 nitrogen and oxygen atoms in total. The third-order valence-corrected chi connectivity index (χ3v) is 1.38. The number of rotatable bonds is 2. The van der Waals surface area contributed by atoms with Crippen LogP contribution in [0.2, 0.25) is 0 Å². The number of ether oxygens (including phenoxy) is 1. The van der Waals surface area contributed by atoms with Crippen LogP contribution in [-0.2, 0) is 0 Å². The maximum absolute atomic E-state index is 10.7.